The molecule has 4 nitrogen and oxygen atoms in total. The summed E-state index contributed by atoms with van der Waals surface area (Å²) in [5.41, 5.74) is 4.01. The second kappa shape index (κ2) is 7.49. The fourth-order valence-corrected chi connectivity index (χ4v) is 2.64. The Morgan fingerprint density at radius 3 is 2.20 bits per heavy atom. The Kier molecular flexibility index (Phi) is 4.95. The molecule has 0 aromatic heterocycles. The molecule has 0 saturated carbocycles. The molecule has 0 saturated heterocycles. The lowest BCUT2D eigenvalue weighted by atomic mass is 9.95. The molecule has 25 heavy (non-hydrogen) atoms. The molecule has 0 aliphatic carbocycles. The second-order valence-electron chi connectivity index (χ2n) is 5.46. The van der Waals surface area contributed by atoms with Crippen molar-refractivity contribution in [3.05, 3.63) is 89.7 Å². The van der Waals surface area contributed by atoms with Crippen molar-refractivity contribution in [1.29, 1.82) is 0 Å². The number of rotatable bonds is 3. The molecule has 0 heterocycles. The lowest BCUT2D eigenvalue weighted by molar-refractivity contribution is 0.630. The van der Waals surface area contributed by atoms with Crippen LogP contribution >= 0.6 is 0 Å². The van der Waals surface area contributed by atoms with E-state index < -0.39 is 5.82 Å². The minimum atomic E-state index is -0.430. The molecule has 0 atom stereocenters. The average Bonchev–Trinajstić information content (AvgIpc) is 2.64. The third kappa shape index (κ3) is 3.61. The Bertz CT molecular complexity index is 948. The molecular formula is C20H17FN4. The highest BCUT2D eigenvalue weighted by atomic mass is 19.1. The fourth-order valence-electron chi connectivity index (χ4n) is 2.64. The van der Waals surface area contributed by atoms with Crippen LogP contribution < -0.4 is 5.84 Å². The van der Waals surface area contributed by atoms with Crippen molar-refractivity contribution in [2.24, 2.45) is 21.2 Å². The van der Waals surface area contributed by atoms with Crippen molar-refractivity contribution < 1.29 is 4.39 Å². The maximum absolute atomic E-state index is 14.0. The van der Waals surface area contributed by atoms with Crippen LogP contribution in [0.25, 0.3) is 11.1 Å². The first-order valence-corrected chi connectivity index (χ1v) is 7.80. The smallest absolute Gasteiger partial charge is 0.184 e. The fraction of sp³-hybridized carbons (Fsp3) is 0.0500. The summed E-state index contributed by atoms with van der Waals surface area (Å²) < 4.78 is 14.0. The van der Waals surface area contributed by atoms with Gasteiger partial charge in [-0.15, -0.1) is 5.11 Å². The maximum atomic E-state index is 14.0. The van der Waals surface area contributed by atoms with Gasteiger partial charge >= 0.3 is 0 Å². The molecule has 0 aliphatic rings. The second-order valence-corrected chi connectivity index (χ2v) is 5.46. The van der Waals surface area contributed by atoms with E-state index in [4.69, 9.17) is 5.84 Å². The predicted octanol–water partition coefficient (Wildman–Crippen LogP) is 5.21. The Morgan fingerprint density at radius 2 is 1.48 bits per heavy atom. The van der Waals surface area contributed by atoms with Crippen molar-refractivity contribution in [3.63, 3.8) is 0 Å². The first kappa shape index (κ1) is 16.5. The molecule has 5 heteroatoms. The summed E-state index contributed by atoms with van der Waals surface area (Å²) >= 11 is 0. The Morgan fingerprint density at radius 1 is 0.840 bits per heavy atom. The van der Waals surface area contributed by atoms with E-state index in [0.717, 1.165) is 22.3 Å². The zero-order chi connectivity index (χ0) is 17.6. The van der Waals surface area contributed by atoms with Crippen molar-refractivity contribution in [1.82, 2.24) is 0 Å². The lowest BCUT2D eigenvalue weighted by Crippen LogP contribution is -2.01. The molecule has 0 bridgehead atoms. The lowest BCUT2D eigenvalue weighted by Gasteiger charge is -2.11. The molecule has 2 N–H and O–H groups in total. The quantitative estimate of drug-likeness (QED) is 0.231. The largest absolute Gasteiger partial charge is 0.305 e. The van der Waals surface area contributed by atoms with Gasteiger partial charge in [0.05, 0.1) is 0 Å². The van der Waals surface area contributed by atoms with Crippen LogP contribution in [-0.4, -0.2) is 5.84 Å². The summed E-state index contributed by atoms with van der Waals surface area (Å²) in [6.45, 7) is 2.03. The van der Waals surface area contributed by atoms with E-state index in [1.807, 2.05) is 55.5 Å². The van der Waals surface area contributed by atoms with Gasteiger partial charge in [0.1, 0.15) is 11.5 Å². The first-order valence-electron chi connectivity index (χ1n) is 7.80. The third-order valence-corrected chi connectivity index (χ3v) is 3.83. The molecule has 0 amide bonds. The number of aryl methyl sites for hydroxylation is 1. The summed E-state index contributed by atoms with van der Waals surface area (Å²) in [5.74, 6) is 5.09. The van der Waals surface area contributed by atoms with Crippen LogP contribution in [0.4, 0.5) is 10.1 Å². The molecule has 3 rings (SSSR count). The van der Waals surface area contributed by atoms with E-state index in [1.54, 1.807) is 18.2 Å². The summed E-state index contributed by atoms with van der Waals surface area (Å²) in [5, 5.41) is 7.30. The molecule has 0 spiro atoms. The molecule has 3 aromatic carbocycles. The van der Waals surface area contributed by atoms with Crippen molar-refractivity contribution in [2.75, 3.05) is 0 Å². The van der Waals surface area contributed by atoms with Gasteiger partial charge in [-0.05, 0) is 35.7 Å². The summed E-state index contributed by atoms with van der Waals surface area (Å²) in [6, 6.07) is 21.9. The Labute approximate surface area is 145 Å². The number of halogens is 1. The molecule has 3 aromatic rings. The number of hydrogen-bond donors (Lipinski definition) is 1. The Hall–Kier alpha value is -3.34. The predicted molar refractivity (Wildman–Crippen MR) is 98.3 cm³/mol. The highest BCUT2D eigenvalue weighted by Gasteiger charge is 2.13. The van der Waals surface area contributed by atoms with Crippen LogP contribution in [-0.2, 0) is 0 Å². The highest BCUT2D eigenvalue weighted by molar-refractivity contribution is 6.06. The number of aliphatic imine (C=N–C) groups is 1. The summed E-state index contributed by atoms with van der Waals surface area (Å²) in [6.07, 6.45) is 0. The van der Waals surface area contributed by atoms with Crippen molar-refractivity contribution in [3.8, 4) is 11.1 Å². The molecule has 0 radical (unpaired) electrons. The minimum Gasteiger partial charge on any atom is -0.305 e. The van der Waals surface area contributed by atoms with Crippen LogP contribution in [0, 0.1) is 12.7 Å². The minimum absolute atomic E-state index is 0.185. The maximum Gasteiger partial charge on any atom is 0.184 e. The number of nitrogens with two attached hydrogens (primary N) is 1. The number of nitrogens with zero attached hydrogens (tertiary/aromatic N) is 3. The van der Waals surface area contributed by atoms with E-state index in [-0.39, 0.29) is 11.5 Å². The molecule has 0 unspecified atom stereocenters. The van der Waals surface area contributed by atoms with Gasteiger partial charge in [-0.3, -0.25) is 0 Å². The molecule has 0 aliphatic heterocycles. The van der Waals surface area contributed by atoms with E-state index in [9.17, 15) is 4.39 Å². The van der Waals surface area contributed by atoms with E-state index >= 15 is 0 Å². The SMILES string of the molecule is Cc1ccccc1-c1ccccc1C(N=NN)=Nc1ccccc1F. The van der Waals surface area contributed by atoms with Crippen LogP contribution in [0.15, 0.2) is 88.1 Å². The topological polar surface area (TPSA) is 63.1 Å². The first-order chi connectivity index (χ1) is 12.2. The van der Waals surface area contributed by atoms with E-state index in [1.165, 1.54) is 6.07 Å². The van der Waals surface area contributed by atoms with Crippen LogP contribution in [0.3, 0.4) is 0 Å². The summed E-state index contributed by atoms with van der Waals surface area (Å²) in [7, 11) is 0. The van der Waals surface area contributed by atoms with Gasteiger partial charge in [-0.2, -0.15) is 0 Å². The van der Waals surface area contributed by atoms with Gasteiger partial charge in [-0.1, -0.05) is 65.9 Å². The highest BCUT2D eigenvalue weighted by Crippen LogP contribution is 2.29. The zero-order valence-corrected chi connectivity index (χ0v) is 13.7. The molecule has 124 valence electrons. The van der Waals surface area contributed by atoms with Crippen LogP contribution in [0.1, 0.15) is 11.1 Å². The number of hydrogen-bond acceptors (Lipinski definition) is 2. The Balaban J connectivity index is 2.20. The summed E-state index contributed by atoms with van der Waals surface area (Å²) in [4.78, 5) is 4.34. The van der Waals surface area contributed by atoms with E-state index in [0.29, 0.717) is 0 Å². The number of benzene rings is 3. The normalized spacial score (nSPS) is 11.8. The van der Waals surface area contributed by atoms with Gasteiger partial charge < -0.3 is 5.84 Å². The monoisotopic (exact) mass is 332 g/mol. The van der Waals surface area contributed by atoms with Gasteiger partial charge in [0, 0.05) is 5.56 Å². The molecular weight excluding hydrogens is 315 g/mol. The average molecular weight is 332 g/mol. The number of amidine groups is 1. The van der Waals surface area contributed by atoms with Gasteiger partial charge in [0.2, 0.25) is 0 Å². The van der Waals surface area contributed by atoms with Gasteiger partial charge in [0.25, 0.3) is 0 Å². The number of para-hydroxylation sites is 1. The molecule has 0 fully saturated rings. The van der Waals surface area contributed by atoms with E-state index in [2.05, 4.69) is 15.3 Å². The zero-order valence-electron chi connectivity index (χ0n) is 13.7. The van der Waals surface area contributed by atoms with Gasteiger partial charge in [-0.25, -0.2) is 9.38 Å². The third-order valence-electron chi connectivity index (χ3n) is 3.83. The van der Waals surface area contributed by atoms with Crippen LogP contribution in [0.5, 0.6) is 0 Å². The van der Waals surface area contributed by atoms with Crippen LogP contribution in [0.2, 0.25) is 0 Å². The van der Waals surface area contributed by atoms with Gasteiger partial charge in [0.15, 0.2) is 5.84 Å². The van der Waals surface area contributed by atoms with Crippen molar-refractivity contribution >= 4 is 11.5 Å². The standard InChI is InChI=1S/C20H17FN4/c1-14-8-2-3-9-15(14)16-10-4-5-11-17(16)20(24-25-22)23-19-13-7-6-12-18(19)21/h2-13H,1H3,(H2,22,23,24). The van der Waals surface area contributed by atoms with Crippen molar-refractivity contribution in [2.45, 2.75) is 6.92 Å².